The minimum atomic E-state index is -0.317. The number of unbranched alkanes of at least 4 members (excludes halogenated alkanes) is 2. The van der Waals surface area contributed by atoms with Gasteiger partial charge in [0.1, 0.15) is 0 Å². The van der Waals surface area contributed by atoms with Gasteiger partial charge >= 0.3 is 0 Å². The summed E-state index contributed by atoms with van der Waals surface area (Å²) in [7, 11) is 0. The molecule has 0 bridgehead atoms. The van der Waals surface area contributed by atoms with Crippen molar-refractivity contribution in [1.29, 1.82) is 0 Å². The molecule has 0 aliphatic carbocycles. The molecule has 1 aliphatic rings. The molecule has 1 amide bonds. The summed E-state index contributed by atoms with van der Waals surface area (Å²) in [4.78, 5) is 25.6. The second-order valence-electron chi connectivity index (χ2n) is 7.00. The molecule has 0 saturated heterocycles. The van der Waals surface area contributed by atoms with Crippen LogP contribution in [-0.2, 0) is 13.1 Å². The van der Waals surface area contributed by atoms with Crippen molar-refractivity contribution in [2.24, 2.45) is 0 Å². The largest absolute Gasteiger partial charge is 0.454 e. The van der Waals surface area contributed by atoms with E-state index >= 15 is 0 Å². The molecule has 3 aromatic rings. The fraction of sp³-hybridized carbons (Fsp3) is 0.318. The van der Waals surface area contributed by atoms with Crippen LogP contribution in [0.5, 0.6) is 11.5 Å². The van der Waals surface area contributed by atoms with Crippen LogP contribution < -0.4 is 20.3 Å². The maximum Gasteiger partial charge on any atom is 0.274 e. The smallest absolute Gasteiger partial charge is 0.274 e. The standard InChI is InChI=1S/C22H23N3O4/c1-2-3-6-11-25-22(27)17-8-5-4-7-16(17)20(24-25)21(26)23-13-15-9-10-18-19(12-15)29-14-28-18/h4-5,7-10,12H,2-3,6,11,13-14H2,1H3,(H,23,26). The average Bonchev–Trinajstić information content (AvgIpc) is 3.22. The molecule has 0 spiro atoms. The normalized spacial score (nSPS) is 12.3. The number of carbonyl (C=O) groups is 1. The first-order valence-corrected chi connectivity index (χ1v) is 9.84. The Kier molecular flexibility index (Phi) is 5.46. The minimum absolute atomic E-state index is 0.163. The highest BCUT2D eigenvalue weighted by molar-refractivity contribution is 6.04. The van der Waals surface area contributed by atoms with E-state index in [1.807, 2.05) is 18.2 Å². The number of rotatable bonds is 7. The molecule has 2 heterocycles. The molecule has 1 aromatic heterocycles. The molecular weight excluding hydrogens is 370 g/mol. The van der Waals surface area contributed by atoms with E-state index in [4.69, 9.17) is 9.47 Å². The Morgan fingerprint density at radius 3 is 2.72 bits per heavy atom. The summed E-state index contributed by atoms with van der Waals surface area (Å²) in [5.41, 5.74) is 0.990. The average molecular weight is 393 g/mol. The van der Waals surface area contributed by atoms with Crippen molar-refractivity contribution >= 4 is 16.7 Å². The van der Waals surface area contributed by atoms with Crippen molar-refractivity contribution in [1.82, 2.24) is 15.1 Å². The lowest BCUT2D eigenvalue weighted by Gasteiger charge is -2.11. The number of aryl methyl sites for hydroxylation is 1. The Balaban J connectivity index is 1.59. The number of benzene rings is 2. The Morgan fingerprint density at radius 2 is 1.90 bits per heavy atom. The second kappa shape index (κ2) is 8.34. The predicted molar refractivity (Wildman–Crippen MR) is 109 cm³/mol. The number of nitrogens with one attached hydrogen (secondary N) is 1. The van der Waals surface area contributed by atoms with Gasteiger partial charge in [-0.15, -0.1) is 0 Å². The first-order valence-electron chi connectivity index (χ1n) is 9.84. The summed E-state index contributed by atoms with van der Waals surface area (Å²) in [6.45, 7) is 3.13. The minimum Gasteiger partial charge on any atom is -0.454 e. The molecule has 0 atom stereocenters. The highest BCUT2D eigenvalue weighted by Gasteiger charge is 2.17. The Morgan fingerprint density at radius 1 is 1.10 bits per heavy atom. The van der Waals surface area contributed by atoms with Crippen LogP contribution >= 0.6 is 0 Å². The molecule has 0 fully saturated rings. The van der Waals surface area contributed by atoms with E-state index in [0.717, 1.165) is 24.8 Å². The molecule has 29 heavy (non-hydrogen) atoms. The number of carbonyl (C=O) groups excluding carboxylic acids is 1. The number of nitrogens with zero attached hydrogens (tertiary/aromatic N) is 2. The van der Waals surface area contributed by atoms with E-state index in [1.165, 1.54) is 4.68 Å². The molecule has 0 unspecified atom stereocenters. The van der Waals surface area contributed by atoms with E-state index in [0.29, 0.717) is 35.4 Å². The van der Waals surface area contributed by atoms with Gasteiger partial charge in [0.25, 0.3) is 11.5 Å². The third-order valence-corrected chi connectivity index (χ3v) is 4.95. The molecule has 4 rings (SSSR count). The number of ether oxygens (including phenoxy) is 2. The third-order valence-electron chi connectivity index (χ3n) is 4.95. The van der Waals surface area contributed by atoms with Crippen molar-refractivity contribution in [3.8, 4) is 11.5 Å². The number of amides is 1. The molecule has 0 saturated carbocycles. The Bertz CT molecular complexity index is 1110. The van der Waals surface area contributed by atoms with Crippen LogP contribution in [-0.4, -0.2) is 22.5 Å². The molecule has 150 valence electrons. The van der Waals surface area contributed by atoms with E-state index in [9.17, 15) is 9.59 Å². The summed E-state index contributed by atoms with van der Waals surface area (Å²) < 4.78 is 12.1. The maximum atomic E-state index is 12.9. The van der Waals surface area contributed by atoms with Crippen LogP contribution in [0.25, 0.3) is 10.8 Å². The van der Waals surface area contributed by atoms with E-state index < -0.39 is 0 Å². The zero-order valence-electron chi connectivity index (χ0n) is 16.3. The van der Waals surface area contributed by atoms with E-state index in [2.05, 4.69) is 17.3 Å². The van der Waals surface area contributed by atoms with Crippen molar-refractivity contribution in [2.45, 2.75) is 39.3 Å². The first kappa shape index (κ1) is 19.0. The number of hydrogen-bond acceptors (Lipinski definition) is 5. The zero-order valence-corrected chi connectivity index (χ0v) is 16.3. The molecule has 7 heteroatoms. The van der Waals surface area contributed by atoms with Gasteiger partial charge < -0.3 is 14.8 Å². The van der Waals surface area contributed by atoms with Gasteiger partial charge in [-0.25, -0.2) is 4.68 Å². The number of aromatic nitrogens is 2. The van der Waals surface area contributed by atoms with Crippen molar-refractivity contribution in [2.75, 3.05) is 6.79 Å². The lowest BCUT2D eigenvalue weighted by molar-refractivity contribution is 0.0945. The second-order valence-corrected chi connectivity index (χ2v) is 7.00. The van der Waals surface area contributed by atoms with Crippen LogP contribution in [0.3, 0.4) is 0 Å². The molecular formula is C22H23N3O4. The van der Waals surface area contributed by atoms with Crippen LogP contribution in [0, 0.1) is 0 Å². The molecule has 1 aliphatic heterocycles. The third kappa shape index (κ3) is 3.94. The molecule has 0 radical (unpaired) electrons. The van der Waals surface area contributed by atoms with Crippen molar-refractivity contribution in [3.05, 3.63) is 64.1 Å². The van der Waals surface area contributed by atoms with Gasteiger partial charge in [-0.1, -0.05) is 44.0 Å². The van der Waals surface area contributed by atoms with Crippen LogP contribution in [0.1, 0.15) is 42.2 Å². The molecule has 2 aromatic carbocycles. The molecule has 1 N–H and O–H groups in total. The van der Waals surface area contributed by atoms with Crippen molar-refractivity contribution in [3.63, 3.8) is 0 Å². The topological polar surface area (TPSA) is 82.5 Å². The summed E-state index contributed by atoms with van der Waals surface area (Å²) in [5.74, 6) is 1.06. The predicted octanol–water partition coefficient (Wildman–Crippen LogP) is 3.25. The summed E-state index contributed by atoms with van der Waals surface area (Å²) in [6, 6.07) is 12.7. The monoisotopic (exact) mass is 393 g/mol. The first-order chi connectivity index (χ1) is 14.2. The van der Waals surface area contributed by atoms with Crippen LogP contribution in [0.2, 0.25) is 0 Å². The van der Waals surface area contributed by atoms with E-state index in [-0.39, 0.29) is 24.0 Å². The highest BCUT2D eigenvalue weighted by atomic mass is 16.7. The maximum absolute atomic E-state index is 12.9. The Labute approximate surface area is 168 Å². The lowest BCUT2D eigenvalue weighted by atomic mass is 10.1. The van der Waals surface area contributed by atoms with Gasteiger partial charge in [0, 0.05) is 18.5 Å². The fourth-order valence-electron chi connectivity index (χ4n) is 3.38. The van der Waals surface area contributed by atoms with Crippen LogP contribution in [0.15, 0.2) is 47.3 Å². The number of fused-ring (bicyclic) bond motifs is 2. The molecule has 7 nitrogen and oxygen atoms in total. The highest BCUT2D eigenvalue weighted by Crippen LogP contribution is 2.32. The van der Waals surface area contributed by atoms with Gasteiger partial charge in [-0.05, 0) is 30.2 Å². The van der Waals surface area contributed by atoms with Gasteiger partial charge in [0.2, 0.25) is 6.79 Å². The summed E-state index contributed by atoms with van der Waals surface area (Å²) in [5, 5.41) is 8.36. The van der Waals surface area contributed by atoms with Crippen LogP contribution in [0.4, 0.5) is 0 Å². The number of hydrogen-bond donors (Lipinski definition) is 1. The van der Waals surface area contributed by atoms with E-state index in [1.54, 1.807) is 24.3 Å². The van der Waals surface area contributed by atoms with Crippen molar-refractivity contribution < 1.29 is 14.3 Å². The zero-order chi connectivity index (χ0) is 20.2. The van der Waals surface area contributed by atoms with Gasteiger partial charge in [0.15, 0.2) is 17.2 Å². The quantitative estimate of drug-likeness (QED) is 0.623. The summed E-state index contributed by atoms with van der Waals surface area (Å²) in [6.07, 6.45) is 2.90. The fourth-order valence-corrected chi connectivity index (χ4v) is 3.38. The van der Waals surface area contributed by atoms with Gasteiger partial charge in [-0.2, -0.15) is 5.10 Å². The SMILES string of the molecule is CCCCCn1nc(C(=O)NCc2ccc3c(c2)OCO3)c2ccccc2c1=O. The lowest BCUT2D eigenvalue weighted by Crippen LogP contribution is -2.30. The summed E-state index contributed by atoms with van der Waals surface area (Å²) >= 11 is 0. The van der Waals surface area contributed by atoms with Gasteiger partial charge in [0.05, 0.1) is 5.39 Å². The van der Waals surface area contributed by atoms with Gasteiger partial charge in [-0.3, -0.25) is 9.59 Å². The Hall–Kier alpha value is -3.35.